The molecule has 1 fully saturated rings. The summed E-state index contributed by atoms with van der Waals surface area (Å²) in [6, 6.07) is 8.05. The van der Waals surface area contributed by atoms with E-state index in [0.29, 0.717) is 13.0 Å². The van der Waals surface area contributed by atoms with Crippen LogP contribution in [0.25, 0.3) is 0 Å². The summed E-state index contributed by atoms with van der Waals surface area (Å²) in [5, 5.41) is 9.79. The molecule has 29 heavy (non-hydrogen) atoms. The van der Waals surface area contributed by atoms with Gasteiger partial charge in [0.25, 0.3) is 0 Å². The number of likely N-dealkylation sites (tertiary alicyclic amines) is 1. The van der Waals surface area contributed by atoms with E-state index in [9.17, 15) is 4.79 Å². The lowest BCUT2D eigenvalue weighted by atomic mass is 9.91. The number of rotatable bonds is 7. The Labute approximate surface area is 192 Å². The SMILES string of the molecule is CCNC(=NCC1CC(=O)Nc2ccccc21)NCCC1CCN(CC)CC1.I. The summed E-state index contributed by atoms with van der Waals surface area (Å²) >= 11 is 0. The molecule has 7 heteroatoms. The first kappa shape index (κ1) is 23.9. The lowest BCUT2D eigenvalue weighted by Crippen LogP contribution is -2.40. The number of benzene rings is 1. The molecule has 1 unspecified atom stereocenters. The molecule has 3 rings (SSSR count). The number of nitrogens with zero attached hydrogens (tertiary/aromatic N) is 2. The Kier molecular flexibility index (Phi) is 10.2. The van der Waals surface area contributed by atoms with Crippen LogP contribution < -0.4 is 16.0 Å². The number of hydrogen-bond donors (Lipinski definition) is 3. The van der Waals surface area contributed by atoms with Crippen molar-refractivity contribution in [2.75, 3.05) is 44.6 Å². The van der Waals surface area contributed by atoms with Gasteiger partial charge in [0.2, 0.25) is 5.91 Å². The Morgan fingerprint density at radius 3 is 2.69 bits per heavy atom. The maximum atomic E-state index is 12.0. The van der Waals surface area contributed by atoms with Crippen LogP contribution in [0, 0.1) is 5.92 Å². The fourth-order valence-corrected chi connectivity index (χ4v) is 4.19. The predicted octanol–water partition coefficient (Wildman–Crippen LogP) is 3.41. The molecule has 1 amide bonds. The first-order chi connectivity index (χ1) is 13.7. The van der Waals surface area contributed by atoms with Crippen LogP contribution >= 0.6 is 24.0 Å². The van der Waals surface area contributed by atoms with E-state index in [1.54, 1.807) is 0 Å². The molecule has 1 aromatic carbocycles. The van der Waals surface area contributed by atoms with Gasteiger partial charge in [-0.25, -0.2) is 0 Å². The lowest BCUT2D eigenvalue weighted by molar-refractivity contribution is -0.116. The Hall–Kier alpha value is -1.35. The predicted molar refractivity (Wildman–Crippen MR) is 131 cm³/mol. The van der Waals surface area contributed by atoms with Crippen LogP contribution in [0.1, 0.15) is 51.0 Å². The zero-order chi connectivity index (χ0) is 19.8. The fourth-order valence-electron chi connectivity index (χ4n) is 4.19. The Bertz CT molecular complexity index is 673. The van der Waals surface area contributed by atoms with E-state index in [4.69, 9.17) is 4.99 Å². The average Bonchev–Trinajstić information content (AvgIpc) is 2.72. The monoisotopic (exact) mass is 513 g/mol. The molecule has 0 bridgehead atoms. The number of carbonyl (C=O) groups is 1. The summed E-state index contributed by atoms with van der Waals surface area (Å²) in [5.41, 5.74) is 2.11. The van der Waals surface area contributed by atoms with E-state index in [0.717, 1.165) is 30.7 Å². The van der Waals surface area contributed by atoms with Gasteiger partial charge in [0.15, 0.2) is 5.96 Å². The van der Waals surface area contributed by atoms with Gasteiger partial charge >= 0.3 is 0 Å². The van der Waals surface area contributed by atoms with E-state index in [2.05, 4.69) is 40.8 Å². The van der Waals surface area contributed by atoms with Gasteiger partial charge in [0, 0.05) is 31.1 Å². The third-order valence-corrected chi connectivity index (χ3v) is 5.92. The largest absolute Gasteiger partial charge is 0.357 e. The zero-order valence-corrected chi connectivity index (χ0v) is 20.1. The van der Waals surface area contributed by atoms with Crippen LogP contribution in [0.4, 0.5) is 5.69 Å². The highest BCUT2D eigenvalue weighted by molar-refractivity contribution is 14.0. The number of anilines is 1. The summed E-state index contributed by atoms with van der Waals surface area (Å²) < 4.78 is 0. The molecule has 1 aromatic rings. The number of aliphatic imine (C=N–C) groups is 1. The van der Waals surface area contributed by atoms with Crippen molar-refractivity contribution in [2.24, 2.45) is 10.9 Å². The molecule has 3 N–H and O–H groups in total. The van der Waals surface area contributed by atoms with Gasteiger partial charge in [-0.15, -0.1) is 24.0 Å². The zero-order valence-electron chi connectivity index (χ0n) is 17.7. The van der Waals surface area contributed by atoms with Gasteiger partial charge in [0.1, 0.15) is 0 Å². The summed E-state index contributed by atoms with van der Waals surface area (Å²) in [6.07, 6.45) is 4.29. The average molecular weight is 513 g/mol. The number of amides is 1. The topological polar surface area (TPSA) is 68.8 Å². The molecule has 2 heterocycles. The summed E-state index contributed by atoms with van der Waals surface area (Å²) in [7, 11) is 0. The van der Waals surface area contributed by atoms with Crippen molar-refractivity contribution >= 4 is 41.5 Å². The standard InChI is InChI=1S/C22H35N5O.HI/c1-3-23-22(24-12-9-17-10-13-27(4-2)14-11-17)25-16-18-15-21(28)26-20-8-6-5-7-19(18)20;/h5-8,17-18H,3-4,9-16H2,1-2H3,(H,26,28)(H2,23,24,25);1H. The van der Waals surface area contributed by atoms with Crippen LogP contribution in [-0.2, 0) is 4.79 Å². The van der Waals surface area contributed by atoms with Crippen molar-refractivity contribution in [1.82, 2.24) is 15.5 Å². The van der Waals surface area contributed by atoms with E-state index >= 15 is 0 Å². The van der Waals surface area contributed by atoms with Crippen LogP contribution in [-0.4, -0.2) is 56.0 Å². The highest BCUT2D eigenvalue weighted by Crippen LogP contribution is 2.32. The van der Waals surface area contributed by atoms with Crippen molar-refractivity contribution < 1.29 is 4.79 Å². The summed E-state index contributed by atoms with van der Waals surface area (Å²) in [6.45, 7) is 10.4. The normalized spacial score (nSPS) is 20.4. The molecule has 162 valence electrons. The van der Waals surface area contributed by atoms with Crippen molar-refractivity contribution in [1.29, 1.82) is 0 Å². The third-order valence-electron chi connectivity index (χ3n) is 5.92. The molecular formula is C22H36IN5O. The third kappa shape index (κ3) is 7.13. The van der Waals surface area contributed by atoms with Crippen molar-refractivity contribution in [3.8, 4) is 0 Å². The number of guanidine groups is 1. The summed E-state index contributed by atoms with van der Waals surface area (Å²) in [5.74, 6) is 1.89. The number of piperidine rings is 1. The molecular weight excluding hydrogens is 477 g/mol. The maximum Gasteiger partial charge on any atom is 0.225 e. The maximum absolute atomic E-state index is 12.0. The lowest BCUT2D eigenvalue weighted by Gasteiger charge is -2.31. The Morgan fingerprint density at radius 2 is 1.97 bits per heavy atom. The number of carbonyl (C=O) groups excluding carboxylic acids is 1. The molecule has 0 aliphatic carbocycles. The highest BCUT2D eigenvalue weighted by atomic mass is 127. The van der Waals surface area contributed by atoms with Crippen molar-refractivity contribution in [3.63, 3.8) is 0 Å². The minimum Gasteiger partial charge on any atom is -0.357 e. The van der Waals surface area contributed by atoms with E-state index in [-0.39, 0.29) is 35.8 Å². The van der Waals surface area contributed by atoms with E-state index in [1.807, 2.05) is 18.2 Å². The van der Waals surface area contributed by atoms with Crippen molar-refractivity contribution in [2.45, 2.75) is 45.4 Å². The van der Waals surface area contributed by atoms with Crippen LogP contribution in [0.3, 0.4) is 0 Å². The van der Waals surface area contributed by atoms with Crippen molar-refractivity contribution in [3.05, 3.63) is 29.8 Å². The van der Waals surface area contributed by atoms with E-state index in [1.165, 1.54) is 44.5 Å². The number of nitrogens with one attached hydrogen (secondary N) is 3. The first-order valence-corrected chi connectivity index (χ1v) is 10.8. The number of hydrogen-bond acceptors (Lipinski definition) is 3. The molecule has 0 aromatic heterocycles. The van der Waals surface area contributed by atoms with Crippen LogP contribution in [0.5, 0.6) is 0 Å². The first-order valence-electron chi connectivity index (χ1n) is 10.8. The molecule has 0 spiro atoms. The second-order valence-electron chi connectivity index (χ2n) is 7.85. The molecule has 1 saturated heterocycles. The van der Waals surface area contributed by atoms with Gasteiger partial charge in [-0.3, -0.25) is 9.79 Å². The minimum atomic E-state index is 0. The molecule has 0 saturated carbocycles. The van der Waals surface area contributed by atoms with Gasteiger partial charge in [-0.2, -0.15) is 0 Å². The van der Waals surface area contributed by atoms with Gasteiger partial charge < -0.3 is 20.9 Å². The smallest absolute Gasteiger partial charge is 0.225 e. The highest BCUT2D eigenvalue weighted by Gasteiger charge is 2.24. The van der Waals surface area contributed by atoms with Gasteiger partial charge in [0.05, 0.1) is 6.54 Å². The van der Waals surface area contributed by atoms with Crippen LogP contribution in [0.2, 0.25) is 0 Å². The molecule has 0 radical (unpaired) electrons. The minimum absolute atomic E-state index is 0. The molecule has 1 atom stereocenters. The second-order valence-corrected chi connectivity index (χ2v) is 7.85. The Balaban J connectivity index is 0.00000300. The van der Waals surface area contributed by atoms with Crippen LogP contribution in [0.15, 0.2) is 29.3 Å². The Morgan fingerprint density at radius 1 is 1.21 bits per heavy atom. The number of halogens is 1. The van der Waals surface area contributed by atoms with Gasteiger partial charge in [-0.05, 0) is 63.4 Å². The molecule has 6 nitrogen and oxygen atoms in total. The second kappa shape index (κ2) is 12.4. The fraction of sp³-hybridized carbons (Fsp3) is 0.636. The molecule has 2 aliphatic heterocycles. The van der Waals surface area contributed by atoms with Gasteiger partial charge in [-0.1, -0.05) is 25.1 Å². The summed E-state index contributed by atoms with van der Waals surface area (Å²) in [4.78, 5) is 19.3. The number of para-hydroxylation sites is 1. The quantitative estimate of drug-likeness (QED) is 0.297. The van der Waals surface area contributed by atoms with E-state index < -0.39 is 0 Å². The number of fused-ring (bicyclic) bond motifs is 1. The molecule has 2 aliphatic rings.